The van der Waals surface area contributed by atoms with Gasteiger partial charge in [-0.15, -0.1) is 0 Å². The number of nitrogens with one attached hydrogen (secondary N) is 3. The first kappa shape index (κ1) is 17.8. The average Bonchev–Trinajstić information content (AvgIpc) is 2.67. The molecule has 0 radical (unpaired) electrons. The van der Waals surface area contributed by atoms with Crippen LogP contribution in [0.3, 0.4) is 0 Å². The number of amides is 1. The first-order chi connectivity index (χ1) is 13.6. The second-order valence-electron chi connectivity index (χ2n) is 6.30. The van der Waals surface area contributed by atoms with Gasteiger partial charge in [0.05, 0.1) is 11.6 Å². The van der Waals surface area contributed by atoms with Crippen molar-refractivity contribution < 1.29 is 4.79 Å². The molecule has 3 N–H and O–H groups in total. The minimum Gasteiger partial charge on any atom is -0.326 e. The van der Waals surface area contributed by atoms with Crippen molar-refractivity contribution in [1.29, 1.82) is 5.26 Å². The molecule has 1 aliphatic rings. The SMILES string of the molecule is N#C[C@H]1C(=O)Nc2nc(Nc3ccccc3)[nH]c(=O)c2[C@H]1c1cccc(Cl)c1. The molecule has 1 aromatic heterocycles. The fourth-order valence-corrected chi connectivity index (χ4v) is 3.49. The van der Waals surface area contributed by atoms with E-state index in [0.29, 0.717) is 10.6 Å². The standard InChI is InChI=1S/C20H14ClN5O2/c21-12-6-4-5-11(9-12)15-14(10-22)18(27)24-17-16(15)19(28)26-20(25-17)23-13-7-2-1-3-8-13/h1-9,14-15H,(H3,23,24,25,26,27,28)/t14-,15+/m1/s1. The van der Waals surface area contributed by atoms with Crippen molar-refractivity contribution in [1.82, 2.24) is 9.97 Å². The van der Waals surface area contributed by atoms with Crippen LogP contribution in [0, 0.1) is 17.2 Å². The number of anilines is 3. The second-order valence-corrected chi connectivity index (χ2v) is 6.73. The van der Waals surface area contributed by atoms with Gasteiger partial charge in [0.2, 0.25) is 11.9 Å². The number of aromatic nitrogens is 2. The van der Waals surface area contributed by atoms with E-state index >= 15 is 0 Å². The largest absolute Gasteiger partial charge is 0.326 e. The number of benzene rings is 2. The average molecular weight is 392 g/mol. The lowest BCUT2D eigenvalue weighted by molar-refractivity contribution is -0.119. The van der Waals surface area contributed by atoms with Crippen LogP contribution in [0.4, 0.5) is 17.5 Å². The van der Waals surface area contributed by atoms with Gasteiger partial charge in [0.15, 0.2) is 0 Å². The molecule has 138 valence electrons. The third-order valence-electron chi connectivity index (χ3n) is 4.51. The number of nitriles is 1. The molecule has 8 heteroatoms. The summed E-state index contributed by atoms with van der Waals surface area (Å²) in [6.07, 6.45) is 0. The molecule has 0 saturated heterocycles. The van der Waals surface area contributed by atoms with Gasteiger partial charge in [-0.1, -0.05) is 41.9 Å². The van der Waals surface area contributed by atoms with Gasteiger partial charge in [-0.05, 0) is 29.8 Å². The maximum absolute atomic E-state index is 12.9. The fraction of sp³-hybridized carbons (Fsp3) is 0.100. The highest BCUT2D eigenvalue weighted by molar-refractivity contribution is 6.30. The summed E-state index contributed by atoms with van der Waals surface area (Å²) in [7, 11) is 0. The van der Waals surface area contributed by atoms with Crippen LogP contribution in [-0.4, -0.2) is 15.9 Å². The Kier molecular flexibility index (Phi) is 4.55. The molecule has 3 aromatic rings. The zero-order valence-electron chi connectivity index (χ0n) is 14.4. The Hall–Kier alpha value is -3.63. The number of hydrogen-bond donors (Lipinski definition) is 3. The Morgan fingerprint density at radius 1 is 1.11 bits per heavy atom. The first-order valence-electron chi connectivity index (χ1n) is 8.49. The Bertz CT molecular complexity index is 1150. The predicted molar refractivity (Wildman–Crippen MR) is 106 cm³/mol. The number of rotatable bonds is 3. The minimum atomic E-state index is -1.07. The lowest BCUT2D eigenvalue weighted by Crippen LogP contribution is -2.38. The number of H-pyrrole nitrogens is 1. The molecule has 0 unspecified atom stereocenters. The Balaban J connectivity index is 1.83. The molecule has 1 aliphatic heterocycles. The van der Waals surface area contributed by atoms with Crippen molar-refractivity contribution in [3.05, 3.63) is 81.1 Å². The summed E-state index contributed by atoms with van der Waals surface area (Å²) in [4.78, 5) is 32.4. The van der Waals surface area contributed by atoms with E-state index in [9.17, 15) is 14.9 Å². The van der Waals surface area contributed by atoms with Gasteiger partial charge in [-0.3, -0.25) is 14.6 Å². The number of carbonyl (C=O) groups excluding carboxylic acids is 1. The topological polar surface area (TPSA) is 111 Å². The Morgan fingerprint density at radius 2 is 1.89 bits per heavy atom. The number of hydrogen-bond acceptors (Lipinski definition) is 5. The van der Waals surface area contributed by atoms with Crippen LogP contribution < -0.4 is 16.2 Å². The second kappa shape index (κ2) is 7.18. The highest BCUT2D eigenvalue weighted by atomic mass is 35.5. The molecule has 0 bridgehead atoms. The highest BCUT2D eigenvalue weighted by Crippen LogP contribution is 2.38. The molecule has 0 spiro atoms. The van der Waals surface area contributed by atoms with Gasteiger partial charge in [0.1, 0.15) is 11.7 Å². The molecular weight excluding hydrogens is 378 g/mol. The van der Waals surface area contributed by atoms with Crippen LogP contribution in [0.1, 0.15) is 17.0 Å². The van der Waals surface area contributed by atoms with Crippen LogP contribution in [0.25, 0.3) is 0 Å². The van der Waals surface area contributed by atoms with E-state index < -0.39 is 23.3 Å². The summed E-state index contributed by atoms with van der Waals surface area (Å²) in [6, 6.07) is 18.0. The van der Waals surface area contributed by atoms with Gasteiger partial charge in [0.25, 0.3) is 5.56 Å². The van der Waals surface area contributed by atoms with Crippen molar-refractivity contribution in [3.63, 3.8) is 0 Å². The smallest absolute Gasteiger partial charge is 0.258 e. The molecule has 4 rings (SSSR count). The van der Waals surface area contributed by atoms with E-state index in [1.54, 1.807) is 24.3 Å². The normalized spacial score (nSPS) is 17.9. The van der Waals surface area contributed by atoms with Crippen LogP contribution in [0.2, 0.25) is 5.02 Å². The predicted octanol–water partition coefficient (Wildman–Crippen LogP) is 3.39. The van der Waals surface area contributed by atoms with Gasteiger partial charge in [-0.25, -0.2) is 0 Å². The van der Waals surface area contributed by atoms with Crippen LogP contribution in [0.15, 0.2) is 59.4 Å². The summed E-state index contributed by atoms with van der Waals surface area (Å²) in [5.74, 6) is -2.03. The number of fused-ring (bicyclic) bond motifs is 1. The summed E-state index contributed by atoms with van der Waals surface area (Å²) in [5.41, 5.74) is 1.13. The van der Waals surface area contributed by atoms with E-state index in [4.69, 9.17) is 11.6 Å². The summed E-state index contributed by atoms with van der Waals surface area (Å²) >= 11 is 6.08. The van der Waals surface area contributed by atoms with Crippen LogP contribution >= 0.6 is 11.6 Å². The van der Waals surface area contributed by atoms with Crippen LogP contribution in [-0.2, 0) is 4.79 Å². The van der Waals surface area contributed by atoms with E-state index in [1.807, 2.05) is 36.4 Å². The van der Waals surface area contributed by atoms with Crippen molar-refractivity contribution in [2.75, 3.05) is 10.6 Å². The van der Waals surface area contributed by atoms with Crippen molar-refractivity contribution in [3.8, 4) is 6.07 Å². The van der Waals surface area contributed by atoms with Gasteiger partial charge >= 0.3 is 0 Å². The summed E-state index contributed by atoms with van der Waals surface area (Å²) in [6.45, 7) is 0. The zero-order chi connectivity index (χ0) is 19.7. The quantitative estimate of drug-likeness (QED) is 0.633. The third kappa shape index (κ3) is 3.21. The van der Waals surface area contributed by atoms with Crippen molar-refractivity contribution in [2.45, 2.75) is 5.92 Å². The summed E-state index contributed by atoms with van der Waals surface area (Å²) < 4.78 is 0. The molecule has 28 heavy (non-hydrogen) atoms. The lowest BCUT2D eigenvalue weighted by Gasteiger charge is -2.28. The molecule has 2 heterocycles. The minimum absolute atomic E-state index is 0.128. The van der Waals surface area contributed by atoms with Gasteiger partial charge < -0.3 is 10.6 Å². The van der Waals surface area contributed by atoms with E-state index in [1.165, 1.54) is 0 Å². The van der Waals surface area contributed by atoms with Gasteiger partial charge in [0, 0.05) is 16.6 Å². The zero-order valence-corrected chi connectivity index (χ0v) is 15.2. The Morgan fingerprint density at radius 3 is 2.61 bits per heavy atom. The maximum Gasteiger partial charge on any atom is 0.258 e. The third-order valence-corrected chi connectivity index (χ3v) is 4.74. The molecule has 0 aliphatic carbocycles. The molecular formula is C20H14ClN5O2. The number of carbonyl (C=O) groups is 1. The number of halogens is 1. The van der Waals surface area contributed by atoms with Crippen molar-refractivity contribution >= 4 is 35.0 Å². The van der Waals surface area contributed by atoms with Crippen molar-refractivity contribution in [2.24, 2.45) is 5.92 Å². The number of nitrogens with zero attached hydrogens (tertiary/aromatic N) is 2. The van der Waals surface area contributed by atoms with Crippen LogP contribution in [0.5, 0.6) is 0 Å². The molecule has 0 fully saturated rings. The molecule has 2 atom stereocenters. The number of aromatic amines is 1. The summed E-state index contributed by atoms with van der Waals surface area (Å²) in [5, 5.41) is 15.6. The highest BCUT2D eigenvalue weighted by Gasteiger charge is 2.40. The molecule has 1 amide bonds. The lowest BCUT2D eigenvalue weighted by atomic mass is 9.79. The molecule has 7 nitrogen and oxygen atoms in total. The fourth-order valence-electron chi connectivity index (χ4n) is 3.29. The molecule has 0 saturated carbocycles. The van der Waals surface area contributed by atoms with E-state index in [2.05, 4.69) is 20.6 Å². The number of para-hydroxylation sites is 1. The maximum atomic E-state index is 12.9. The Labute approximate surface area is 165 Å². The van der Waals surface area contributed by atoms with E-state index in [-0.39, 0.29) is 17.3 Å². The monoisotopic (exact) mass is 391 g/mol. The molecule has 2 aromatic carbocycles. The van der Waals surface area contributed by atoms with E-state index in [0.717, 1.165) is 5.69 Å². The first-order valence-corrected chi connectivity index (χ1v) is 8.87. The van der Waals surface area contributed by atoms with Gasteiger partial charge in [-0.2, -0.15) is 10.2 Å².